The van der Waals surface area contributed by atoms with Crippen molar-refractivity contribution in [2.75, 3.05) is 19.0 Å². The van der Waals surface area contributed by atoms with E-state index in [-0.39, 0.29) is 0 Å². The number of hydrogen-bond acceptors (Lipinski definition) is 4. The number of benzene rings is 1. The first-order valence-electron chi connectivity index (χ1n) is 6.46. The van der Waals surface area contributed by atoms with Crippen LogP contribution >= 0.6 is 0 Å². The summed E-state index contributed by atoms with van der Waals surface area (Å²) in [5.41, 5.74) is 3.16. The fourth-order valence-electron chi connectivity index (χ4n) is 1.88. The molecule has 4 heteroatoms. The van der Waals surface area contributed by atoms with E-state index in [9.17, 15) is 0 Å². The van der Waals surface area contributed by atoms with Crippen molar-refractivity contribution < 1.29 is 4.74 Å². The monoisotopic (exact) mass is 257 g/mol. The summed E-state index contributed by atoms with van der Waals surface area (Å²) in [5.74, 6) is 1.54. The number of hydrogen-bond donors (Lipinski definition) is 1. The van der Waals surface area contributed by atoms with Crippen LogP contribution in [0, 0.1) is 6.92 Å². The van der Waals surface area contributed by atoms with Gasteiger partial charge in [0.05, 0.1) is 12.8 Å². The first-order chi connectivity index (χ1) is 9.24. The molecule has 0 aliphatic heterocycles. The largest absolute Gasteiger partial charge is 0.497 e. The van der Waals surface area contributed by atoms with Crippen molar-refractivity contribution >= 4 is 5.95 Å². The van der Waals surface area contributed by atoms with Crippen LogP contribution in [0.1, 0.15) is 18.9 Å². The van der Waals surface area contributed by atoms with Crippen LogP contribution in [0.2, 0.25) is 0 Å². The first kappa shape index (κ1) is 13.3. The molecule has 0 amide bonds. The van der Waals surface area contributed by atoms with Gasteiger partial charge in [-0.15, -0.1) is 0 Å². The molecule has 19 heavy (non-hydrogen) atoms. The van der Waals surface area contributed by atoms with E-state index in [0.29, 0.717) is 5.95 Å². The molecule has 0 saturated heterocycles. The van der Waals surface area contributed by atoms with E-state index in [0.717, 1.165) is 35.5 Å². The molecule has 1 heterocycles. The molecule has 100 valence electrons. The van der Waals surface area contributed by atoms with Crippen LogP contribution < -0.4 is 10.1 Å². The topological polar surface area (TPSA) is 47.0 Å². The van der Waals surface area contributed by atoms with Gasteiger partial charge in [0.15, 0.2) is 0 Å². The molecule has 1 aromatic carbocycles. The summed E-state index contributed by atoms with van der Waals surface area (Å²) in [6.45, 7) is 5.05. The van der Waals surface area contributed by atoms with Gasteiger partial charge >= 0.3 is 0 Å². The molecule has 0 saturated carbocycles. The lowest BCUT2D eigenvalue weighted by Gasteiger charge is -2.09. The molecule has 4 nitrogen and oxygen atoms in total. The van der Waals surface area contributed by atoms with Crippen LogP contribution in [0.3, 0.4) is 0 Å². The molecule has 0 spiro atoms. The number of nitrogens with one attached hydrogen (secondary N) is 1. The highest BCUT2D eigenvalue weighted by Gasteiger charge is 2.06. The minimum absolute atomic E-state index is 0.676. The van der Waals surface area contributed by atoms with Crippen LogP contribution in [-0.2, 0) is 0 Å². The second-order valence-corrected chi connectivity index (χ2v) is 4.37. The summed E-state index contributed by atoms with van der Waals surface area (Å²) >= 11 is 0. The van der Waals surface area contributed by atoms with Gasteiger partial charge in [0.2, 0.25) is 5.95 Å². The minimum atomic E-state index is 0.676. The summed E-state index contributed by atoms with van der Waals surface area (Å²) in [5, 5.41) is 3.20. The molecule has 2 aromatic rings. The maximum atomic E-state index is 5.22. The van der Waals surface area contributed by atoms with Gasteiger partial charge in [-0.2, -0.15) is 0 Å². The number of rotatable bonds is 5. The van der Waals surface area contributed by atoms with Crippen LogP contribution in [0.15, 0.2) is 30.5 Å². The molecule has 0 atom stereocenters. The molecular formula is C15H19N3O. The smallest absolute Gasteiger partial charge is 0.223 e. The summed E-state index contributed by atoms with van der Waals surface area (Å²) in [6, 6.07) is 7.91. The lowest BCUT2D eigenvalue weighted by molar-refractivity contribution is 0.414. The summed E-state index contributed by atoms with van der Waals surface area (Å²) < 4.78 is 5.22. The van der Waals surface area contributed by atoms with E-state index in [1.54, 1.807) is 13.3 Å². The molecule has 0 aliphatic carbocycles. The number of anilines is 1. The number of aryl methyl sites for hydroxylation is 1. The van der Waals surface area contributed by atoms with E-state index in [4.69, 9.17) is 4.74 Å². The zero-order valence-corrected chi connectivity index (χ0v) is 11.6. The van der Waals surface area contributed by atoms with E-state index >= 15 is 0 Å². The second kappa shape index (κ2) is 6.18. The highest BCUT2D eigenvalue weighted by atomic mass is 16.5. The van der Waals surface area contributed by atoms with Gasteiger partial charge in [-0.1, -0.05) is 6.92 Å². The van der Waals surface area contributed by atoms with Crippen molar-refractivity contribution in [1.82, 2.24) is 9.97 Å². The zero-order chi connectivity index (χ0) is 13.7. The average Bonchev–Trinajstić information content (AvgIpc) is 2.45. The highest BCUT2D eigenvalue weighted by Crippen LogP contribution is 2.25. The van der Waals surface area contributed by atoms with Crippen LogP contribution in [0.5, 0.6) is 5.75 Å². The maximum Gasteiger partial charge on any atom is 0.223 e. The third-order valence-electron chi connectivity index (χ3n) is 2.90. The molecule has 1 N–H and O–H groups in total. The Morgan fingerprint density at radius 2 is 2.11 bits per heavy atom. The van der Waals surface area contributed by atoms with Crippen molar-refractivity contribution in [2.45, 2.75) is 20.3 Å². The molecule has 0 unspecified atom stereocenters. The molecule has 0 bridgehead atoms. The Labute approximate surface area is 113 Å². The molecule has 1 aromatic heterocycles. The standard InChI is InChI=1S/C15H19N3O/c1-4-8-16-15-17-9-7-14(18-15)13-6-5-12(19-3)10-11(13)2/h5-7,9-10H,4,8H2,1-3H3,(H,16,17,18). The Kier molecular flexibility index (Phi) is 4.34. The van der Waals surface area contributed by atoms with Gasteiger partial charge in [0.25, 0.3) is 0 Å². The van der Waals surface area contributed by atoms with Gasteiger partial charge in [-0.05, 0) is 43.2 Å². The number of aromatic nitrogens is 2. The predicted molar refractivity (Wildman–Crippen MR) is 77.5 cm³/mol. The van der Waals surface area contributed by atoms with Crippen molar-refractivity contribution in [2.24, 2.45) is 0 Å². The molecular weight excluding hydrogens is 238 g/mol. The van der Waals surface area contributed by atoms with Crippen LogP contribution in [-0.4, -0.2) is 23.6 Å². The zero-order valence-electron chi connectivity index (χ0n) is 11.6. The Hall–Kier alpha value is -2.10. The number of nitrogens with zero attached hydrogens (tertiary/aromatic N) is 2. The van der Waals surface area contributed by atoms with Crippen molar-refractivity contribution in [3.8, 4) is 17.0 Å². The quantitative estimate of drug-likeness (QED) is 0.893. The molecule has 0 fully saturated rings. The van der Waals surface area contributed by atoms with Gasteiger partial charge in [0, 0.05) is 18.3 Å². The van der Waals surface area contributed by atoms with Crippen molar-refractivity contribution in [1.29, 1.82) is 0 Å². The lowest BCUT2D eigenvalue weighted by Crippen LogP contribution is -2.04. The van der Waals surface area contributed by atoms with Crippen molar-refractivity contribution in [3.05, 3.63) is 36.0 Å². The summed E-state index contributed by atoms with van der Waals surface area (Å²) in [7, 11) is 1.67. The predicted octanol–water partition coefficient (Wildman–Crippen LogP) is 3.28. The fraction of sp³-hybridized carbons (Fsp3) is 0.333. The molecule has 0 radical (unpaired) electrons. The van der Waals surface area contributed by atoms with E-state index < -0.39 is 0 Å². The first-order valence-corrected chi connectivity index (χ1v) is 6.46. The second-order valence-electron chi connectivity index (χ2n) is 4.37. The SMILES string of the molecule is CCCNc1nccc(-c2ccc(OC)cc2C)n1. The number of methoxy groups -OCH3 is 1. The highest BCUT2D eigenvalue weighted by molar-refractivity contribution is 5.65. The van der Waals surface area contributed by atoms with E-state index in [1.807, 2.05) is 24.3 Å². The Morgan fingerprint density at radius 3 is 2.79 bits per heavy atom. The number of ether oxygens (including phenoxy) is 1. The molecule has 0 aliphatic rings. The average molecular weight is 257 g/mol. The maximum absolute atomic E-state index is 5.22. The van der Waals surface area contributed by atoms with Gasteiger partial charge in [0.1, 0.15) is 5.75 Å². The Bertz CT molecular complexity index is 555. The third-order valence-corrected chi connectivity index (χ3v) is 2.90. The fourth-order valence-corrected chi connectivity index (χ4v) is 1.88. The Morgan fingerprint density at radius 1 is 1.26 bits per heavy atom. The normalized spacial score (nSPS) is 10.3. The third kappa shape index (κ3) is 3.22. The van der Waals surface area contributed by atoms with E-state index in [1.165, 1.54) is 0 Å². The van der Waals surface area contributed by atoms with E-state index in [2.05, 4.69) is 29.1 Å². The molecule has 2 rings (SSSR count). The Balaban J connectivity index is 2.30. The van der Waals surface area contributed by atoms with Gasteiger partial charge < -0.3 is 10.1 Å². The lowest BCUT2D eigenvalue weighted by atomic mass is 10.1. The van der Waals surface area contributed by atoms with Gasteiger partial charge in [-0.25, -0.2) is 9.97 Å². The van der Waals surface area contributed by atoms with Crippen LogP contribution in [0.4, 0.5) is 5.95 Å². The van der Waals surface area contributed by atoms with Crippen molar-refractivity contribution in [3.63, 3.8) is 0 Å². The van der Waals surface area contributed by atoms with Crippen LogP contribution in [0.25, 0.3) is 11.3 Å². The summed E-state index contributed by atoms with van der Waals surface area (Å²) in [4.78, 5) is 8.75. The summed E-state index contributed by atoms with van der Waals surface area (Å²) in [6.07, 6.45) is 2.83. The van der Waals surface area contributed by atoms with Gasteiger partial charge in [-0.3, -0.25) is 0 Å². The minimum Gasteiger partial charge on any atom is -0.497 e.